The van der Waals surface area contributed by atoms with Crippen molar-refractivity contribution in [3.05, 3.63) is 45.9 Å². The fourth-order valence-electron chi connectivity index (χ4n) is 4.66. The third-order valence-corrected chi connectivity index (χ3v) is 9.24. The summed E-state index contributed by atoms with van der Waals surface area (Å²) in [4.78, 5) is 84.9. The normalized spacial score (nSPS) is 18.5. The topological polar surface area (TPSA) is 315 Å². The quantitative estimate of drug-likeness (QED) is 0.0467. The van der Waals surface area contributed by atoms with E-state index in [1.54, 1.807) is 0 Å². The average Bonchev–Trinajstić information content (AvgIpc) is 3.47. The molecule has 1 unspecified atom stereocenters. The van der Waals surface area contributed by atoms with Gasteiger partial charge in [0.25, 0.3) is 17.7 Å². The van der Waals surface area contributed by atoms with Gasteiger partial charge < -0.3 is 57.4 Å². The number of nitrogens with zero attached hydrogens (tertiary/aromatic N) is 3. The molecular weight excluding hydrogens is 692 g/mol. The number of amides is 3. The van der Waals surface area contributed by atoms with E-state index in [2.05, 4.69) is 31.4 Å². The number of fused-ring (bicyclic) bond motifs is 2. The summed E-state index contributed by atoms with van der Waals surface area (Å²) in [5.74, 6) is -8.65. The van der Waals surface area contributed by atoms with Crippen LogP contribution in [0.4, 0.5) is 16.5 Å². The van der Waals surface area contributed by atoms with Gasteiger partial charge in [0.2, 0.25) is 5.60 Å². The highest BCUT2D eigenvalue weighted by atomic mass is 32.2. The van der Waals surface area contributed by atoms with Crippen molar-refractivity contribution in [3.63, 3.8) is 0 Å². The van der Waals surface area contributed by atoms with E-state index in [0.717, 1.165) is 40.3 Å². The van der Waals surface area contributed by atoms with Crippen molar-refractivity contribution in [1.82, 2.24) is 20.5 Å². The van der Waals surface area contributed by atoms with Crippen LogP contribution in [0, 0.1) is 0 Å². The molecule has 0 spiro atoms. The Morgan fingerprint density at radius 3 is 2.51 bits per heavy atom. The van der Waals surface area contributed by atoms with Crippen LogP contribution in [-0.2, 0) is 28.8 Å². The molecule has 11 N–H and O–H groups in total. The number of nitrogen functional groups attached to an aromatic ring is 1. The number of phenols is 2. The van der Waals surface area contributed by atoms with Crippen molar-refractivity contribution in [3.8, 4) is 11.5 Å². The summed E-state index contributed by atoms with van der Waals surface area (Å²) in [7, 11) is 0. The number of carbonyl (C=O) groups is 6. The van der Waals surface area contributed by atoms with Crippen molar-refractivity contribution in [1.29, 1.82) is 0 Å². The zero-order valence-corrected chi connectivity index (χ0v) is 26.8. The molecule has 1 aromatic heterocycles. The minimum Gasteiger partial charge on any atom is -0.504 e. The first-order valence-corrected chi connectivity index (χ1v) is 15.7. The third kappa shape index (κ3) is 6.45. The van der Waals surface area contributed by atoms with Crippen LogP contribution in [0.15, 0.2) is 39.8 Å². The number of thiazole rings is 1. The van der Waals surface area contributed by atoms with E-state index in [9.17, 15) is 54.3 Å². The molecule has 0 saturated carbocycles. The average molecular weight is 719 g/mol. The van der Waals surface area contributed by atoms with Crippen molar-refractivity contribution in [2.45, 2.75) is 30.9 Å². The van der Waals surface area contributed by atoms with Gasteiger partial charge in [-0.1, -0.05) is 5.16 Å². The Kier molecular flexibility index (Phi) is 9.02. The molecule has 1 saturated heterocycles. The lowest BCUT2D eigenvalue weighted by atomic mass is 10.0. The number of aromatic carboxylic acids is 1. The molecule has 20 nitrogen and oxygen atoms in total. The molecule has 0 radical (unpaired) electrons. The molecule has 2 aromatic rings. The summed E-state index contributed by atoms with van der Waals surface area (Å²) in [6, 6.07) is -0.177. The first kappa shape index (κ1) is 34.3. The van der Waals surface area contributed by atoms with Crippen molar-refractivity contribution in [2.75, 3.05) is 28.7 Å². The number of rotatable bonds is 11. The predicted octanol–water partition coefficient (Wildman–Crippen LogP) is -0.348. The number of hydrogen-bond donors (Lipinski definition) is 10. The lowest BCUT2D eigenvalue weighted by Gasteiger charge is -2.49. The standard InChI is InChI=1S/C27H26N8O12S2/c1-27(2,25(45)46)47-34-15(11-7-49-26(28)32-11)20(39)33-16-21(40)35-17(24(43)44)8(6-48-22(16)35)4-30-19(38)10-5-29-9-3-12(36)18(37)13(23(41)42)14(9)31-10/h3,5,7,16,22,29,31,36-37H,4,6H2,1-2H3,(H2,28,32)(H,30,38)(H,33,39)(H,41,42)(H,43,44)(H,45,46)/b34-15-/t16?,22-/m1/s1. The molecule has 5 rings (SSSR count). The van der Waals surface area contributed by atoms with Crippen LogP contribution in [0.5, 0.6) is 11.5 Å². The lowest BCUT2D eigenvalue weighted by Crippen LogP contribution is -2.71. The molecule has 3 aliphatic rings. The Labute approximate surface area is 282 Å². The molecule has 3 aliphatic heterocycles. The van der Waals surface area contributed by atoms with Crippen LogP contribution in [0.3, 0.4) is 0 Å². The molecule has 4 heterocycles. The largest absolute Gasteiger partial charge is 0.504 e. The highest BCUT2D eigenvalue weighted by Gasteiger charge is 2.54. The number of hydrogen-bond acceptors (Lipinski definition) is 16. The number of benzene rings is 1. The molecule has 0 bridgehead atoms. The van der Waals surface area contributed by atoms with E-state index >= 15 is 0 Å². The number of carboxylic acids is 3. The minimum absolute atomic E-state index is 0.00603. The molecule has 49 heavy (non-hydrogen) atoms. The van der Waals surface area contributed by atoms with Gasteiger partial charge in [-0.3, -0.25) is 19.3 Å². The van der Waals surface area contributed by atoms with Gasteiger partial charge in [-0.05, 0) is 19.4 Å². The zero-order chi connectivity index (χ0) is 35.9. The number of phenolic OH excluding ortho intramolecular Hbond substituents is 1. The number of aliphatic carboxylic acids is 2. The first-order chi connectivity index (χ1) is 23.0. The third-order valence-electron chi connectivity index (χ3n) is 7.23. The highest BCUT2D eigenvalue weighted by Crippen LogP contribution is 2.43. The maximum absolute atomic E-state index is 13.3. The lowest BCUT2D eigenvalue weighted by molar-refractivity contribution is -0.161. The van der Waals surface area contributed by atoms with Gasteiger partial charge in [-0.15, -0.1) is 23.1 Å². The van der Waals surface area contributed by atoms with E-state index < -0.39 is 81.1 Å². The summed E-state index contributed by atoms with van der Waals surface area (Å²) in [6.45, 7) is 2.04. The molecular formula is C27H26N8O12S2. The smallest absolute Gasteiger partial charge is 0.352 e. The second-order valence-electron chi connectivity index (χ2n) is 10.9. The number of nitrogens with one attached hydrogen (secondary N) is 4. The van der Waals surface area contributed by atoms with E-state index in [-0.39, 0.29) is 45.8 Å². The van der Waals surface area contributed by atoms with Gasteiger partial charge in [0, 0.05) is 29.9 Å². The monoisotopic (exact) mass is 718 g/mol. The van der Waals surface area contributed by atoms with Gasteiger partial charge in [0.05, 0.1) is 11.4 Å². The Morgan fingerprint density at radius 1 is 1.18 bits per heavy atom. The second kappa shape index (κ2) is 12.9. The van der Waals surface area contributed by atoms with Gasteiger partial charge >= 0.3 is 17.9 Å². The molecule has 258 valence electrons. The number of β-lactam (4-membered cyclic amide) rings is 1. The van der Waals surface area contributed by atoms with Crippen molar-refractivity contribution in [2.24, 2.45) is 5.16 Å². The molecule has 2 atom stereocenters. The summed E-state index contributed by atoms with van der Waals surface area (Å²) in [5, 5.41) is 63.1. The van der Waals surface area contributed by atoms with Crippen LogP contribution < -0.4 is 27.0 Å². The van der Waals surface area contributed by atoms with Gasteiger partial charge in [0.1, 0.15) is 34.1 Å². The van der Waals surface area contributed by atoms with Crippen LogP contribution in [0.2, 0.25) is 0 Å². The SMILES string of the molecule is CC(C)(O/N=C(\C(=O)NC1C(=O)N2C(C(=O)O)=C(CNC(=O)C3=CNc4cc(O)c(O)c(C(=O)O)c4N3)CS[C@H]12)c1csc(N)n1)C(=O)O. The number of carboxylic acid groups (broad SMARTS) is 3. The molecule has 22 heteroatoms. The number of thioether (sulfide) groups is 1. The Bertz CT molecular complexity index is 1920. The number of carbonyl (C=O) groups excluding carboxylic acids is 3. The van der Waals surface area contributed by atoms with E-state index in [4.69, 9.17) is 10.6 Å². The second-order valence-corrected chi connectivity index (χ2v) is 12.9. The zero-order valence-electron chi connectivity index (χ0n) is 25.1. The van der Waals surface area contributed by atoms with E-state index in [1.165, 1.54) is 19.2 Å². The Morgan fingerprint density at radius 2 is 1.90 bits per heavy atom. The van der Waals surface area contributed by atoms with Crippen molar-refractivity contribution >= 4 is 80.9 Å². The molecule has 0 aliphatic carbocycles. The molecule has 1 fully saturated rings. The number of anilines is 3. The predicted molar refractivity (Wildman–Crippen MR) is 171 cm³/mol. The summed E-state index contributed by atoms with van der Waals surface area (Å²) in [6.07, 6.45) is 1.16. The van der Waals surface area contributed by atoms with Gasteiger partial charge in [0.15, 0.2) is 22.3 Å². The number of nitrogens with two attached hydrogens (primary N) is 1. The Hall–Kier alpha value is -6.03. The highest BCUT2D eigenvalue weighted by molar-refractivity contribution is 8.00. The van der Waals surface area contributed by atoms with E-state index in [0.29, 0.717) is 0 Å². The van der Waals surface area contributed by atoms with Crippen LogP contribution >= 0.6 is 23.1 Å². The maximum atomic E-state index is 13.3. The van der Waals surface area contributed by atoms with Crippen molar-refractivity contribution < 1.29 is 59.1 Å². The number of aromatic nitrogens is 1. The molecule has 3 amide bonds. The maximum Gasteiger partial charge on any atom is 0.352 e. The fraction of sp³-hybridized carbons (Fsp3) is 0.259. The fourth-order valence-corrected chi connectivity index (χ4v) is 6.56. The molecule has 1 aromatic carbocycles. The minimum atomic E-state index is -1.83. The first-order valence-electron chi connectivity index (χ1n) is 13.8. The van der Waals surface area contributed by atoms with Gasteiger partial charge in [-0.2, -0.15) is 0 Å². The summed E-state index contributed by atoms with van der Waals surface area (Å²) in [5.41, 5.74) is 1.96. The van der Waals surface area contributed by atoms with E-state index in [1.807, 2.05) is 0 Å². The number of aromatic hydroxyl groups is 2. The Balaban J connectivity index is 1.29. The van der Waals surface area contributed by atoms with Crippen LogP contribution in [0.25, 0.3) is 0 Å². The van der Waals surface area contributed by atoms with Gasteiger partial charge in [-0.25, -0.2) is 19.4 Å². The van der Waals surface area contributed by atoms with Crippen LogP contribution in [-0.4, -0.2) is 106 Å². The summed E-state index contributed by atoms with van der Waals surface area (Å²) >= 11 is 2.06. The summed E-state index contributed by atoms with van der Waals surface area (Å²) < 4.78 is 0. The van der Waals surface area contributed by atoms with Crippen LogP contribution in [0.1, 0.15) is 29.9 Å². The number of oxime groups is 1.